The van der Waals surface area contributed by atoms with Crippen molar-refractivity contribution >= 4 is 50.5 Å². The third-order valence-corrected chi connectivity index (χ3v) is 5.79. The summed E-state index contributed by atoms with van der Waals surface area (Å²) in [5.74, 6) is -0.839. The van der Waals surface area contributed by atoms with Gasteiger partial charge in [-0.3, -0.25) is 4.79 Å². The fourth-order valence-corrected chi connectivity index (χ4v) is 5.01. The third kappa shape index (κ3) is 3.34. The number of alkyl halides is 1. The normalized spacial score (nSPS) is 25.2. The molecule has 0 bridgehead atoms. The van der Waals surface area contributed by atoms with Gasteiger partial charge in [0.2, 0.25) is 0 Å². The number of hydrogen-bond donors (Lipinski definition) is 1. The van der Waals surface area contributed by atoms with Crippen LogP contribution < -0.4 is 5.32 Å². The van der Waals surface area contributed by atoms with Gasteiger partial charge in [0, 0.05) is 0 Å². The molecule has 2 rings (SSSR count). The molecule has 104 valence electrons. The predicted molar refractivity (Wildman–Crippen MR) is 76.0 cm³/mol. The lowest BCUT2D eigenvalue weighted by atomic mass is 10.2. The first-order chi connectivity index (χ1) is 8.80. The van der Waals surface area contributed by atoms with Crippen molar-refractivity contribution in [3.63, 3.8) is 0 Å². The Bertz CT molecular complexity index is 597. The van der Waals surface area contributed by atoms with Crippen molar-refractivity contribution in [2.45, 2.75) is 11.4 Å². The SMILES string of the molecule is O=C(NC1CS(=O)(=O)CC1Cl)c1c(Cl)cccc1Cl. The highest BCUT2D eigenvalue weighted by atomic mass is 35.5. The summed E-state index contributed by atoms with van der Waals surface area (Å²) in [5, 5.41) is 2.33. The van der Waals surface area contributed by atoms with E-state index in [9.17, 15) is 13.2 Å². The molecule has 0 aliphatic carbocycles. The molecular formula is C11H10Cl3NO3S. The number of nitrogens with one attached hydrogen (secondary N) is 1. The fraction of sp³-hybridized carbons (Fsp3) is 0.364. The summed E-state index contributed by atoms with van der Waals surface area (Å²) in [6.07, 6.45) is 0. The first-order valence-electron chi connectivity index (χ1n) is 5.39. The van der Waals surface area contributed by atoms with Crippen molar-refractivity contribution in [2.24, 2.45) is 0 Å². The maximum atomic E-state index is 12.1. The summed E-state index contributed by atoms with van der Waals surface area (Å²) >= 11 is 17.7. The van der Waals surface area contributed by atoms with Crippen LogP contribution >= 0.6 is 34.8 Å². The number of benzene rings is 1. The molecule has 0 aromatic heterocycles. The molecule has 1 aromatic rings. The number of carbonyl (C=O) groups is 1. The number of hydrogen-bond acceptors (Lipinski definition) is 3. The van der Waals surface area contributed by atoms with Gasteiger partial charge in [-0.1, -0.05) is 29.3 Å². The average molecular weight is 343 g/mol. The van der Waals surface area contributed by atoms with Crippen molar-refractivity contribution in [3.8, 4) is 0 Å². The minimum absolute atomic E-state index is 0.124. The Labute approximate surface area is 125 Å². The maximum absolute atomic E-state index is 12.1. The van der Waals surface area contributed by atoms with Gasteiger partial charge in [0.15, 0.2) is 9.84 Å². The Morgan fingerprint density at radius 2 is 1.79 bits per heavy atom. The zero-order chi connectivity index (χ0) is 14.2. The van der Waals surface area contributed by atoms with Gasteiger partial charge >= 0.3 is 0 Å². The quantitative estimate of drug-likeness (QED) is 0.838. The standard InChI is InChI=1S/C11H10Cl3NO3S/c12-6-2-1-3-7(13)10(6)11(16)15-9-5-19(17,18)4-8(9)14/h1-3,8-9H,4-5H2,(H,15,16). The second-order valence-electron chi connectivity index (χ2n) is 4.27. The Balaban J connectivity index is 2.19. The van der Waals surface area contributed by atoms with E-state index in [2.05, 4.69) is 5.32 Å². The highest BCUT2D eigenvalue weighted by Crippen LogP contribution is 2.25. The molecule has 4 nitrogen and oxygen atoms in total. The van der Waals surface area contributed by atoms with Crippen molar-refractivity contribution in [3.05, 3.63) is 33.8 Å². The van der Waals surface area contributed by atoms with E-state index in [-0.39, 0.29) is 27.1 Å². The zero-order valence-corrected chi connectivity index (χ0v) is 12.7. The van der Waals surface area contributed by atoms with Crippen LogP contribution in [0.15, 0.2) is 18.2 Å². The van der Waals surface area contributed by atoms with E-state index in [4.69, 9.17) is 34.8 Å². The second-order valence-corrected chi connectivity index (χ2v) is 7.80. The summed E-state index contributed by atoms with van der Waals surface area (Å²) in [6, 6.07) is 4.05. The summed E-state index contributed by atoms with van der Waals surface area (Å²) in [4.78, 5) is 12.1. The summed E-state index contributed by atoms with van der Waals surface area (Å²) in [5.41, 5.74) is 0.124. The number of halogens is 3. The Kier molecular flexibility index (Phi) is 4.30. The van der Waals surface area contributed by atoms with Gasteiger partial charge in [0.25, 0.3) is 5.91 Å². The van der Waals surface area contributed by atoms with Gasteiger partial charge in [-0.15, -0.1) is 11.6 Å². The van der Waals surface area contributed by atoms with E-state index in [0.717, 1.165) is 0 Å². The molecule has 2 unspecified atom stereocenters. The van der Waals surface area contributed by atoms with E-state index in [1.807, 2.05) is 0 Å². The lowest BCUT2D eigenvalue weighted by molar-refractivity contribution is 0.0942. The molecule has 1 aliphatic rings. The molecule has 0 saturated carbocycles. The van der Waals surface area contributed by atoms with Crippen molar-refractivity contribution in [1.29, 1.82) is 0 Å². The van der Waals surface area contributed by atoms with E-state index in [0.29, 0.717) is 0 Å². The Morgan fingerprint density at radius 1 is 1.21 bits per heavy atom. The number of carbonyl (C=O) groups excluding carboxylic acids is 1. The van der Waals surface area contributed by atoms with E-state index in [1.165, 1.54) is 12.1 Å². The molecule has 1 N–H and O–H groups in total. The highest BCUT2D eigenvalue weighted by Gasteiger charge is 2.37. The summed E-state index contributed by atoms with van der Waals surface area (Å²) in [6.45, 7) is 0. The number of sulfone groups is 1. The Morgan fingerprint density at radius 3 is 2.26 bits per heavy atom. The number of rotatable bonds is 2. The molecule has 19 heavy (non-hydrogen) atoms. The topological polar surface area (TPSA) is 63.2 Å². The van der Waals surface area contributed by atoms with Crippen LogP contribution in [-0.2, 0) is 9.84 Å². The van der Waals surface area contributed by atoms with Crippen LogP contribution in [0.4, 0.5) is 0 Å². The van der Waals surface area contributed by atoms with Gasteiger partial charge in [-0.2, -0.15) is 0 Å². The molecule has 0 spiro atoms. The van der Waals surface area contributed by atoms with Crippen LogP contribution in [0, 0.1) is 0 Å². The summed E-state index contributed by atoms with van der Waals surface area (Å²) in [7, 11) is -3.21. The molecule has 2 atom stereocenters. The van der Waals surface area contributed by atoms with Crippen LogP contribution in [0.2, 0.25) is 10.0 Å². The van der Waals surface area contributed by atoms with Gasteiger partial charge in [-0.25, -0.2) is 8.42 Å². The number of amides is 1. The van der Waals surface area contributed by atoms with Gasteiger partial charge in [-0.05, 0) is 12.1 Å². The Hall–Kier alpha value is -0.490. The molecule has 1 fully saturated rings. The van der Waals surface area contributed by atoms with E-state index < -0.39 is 27.2 Å². The minimum Gasteiger partial charge on any atom is -0.347 e. The average Bonchev–Trinajstić information content (AvgIpc) is 2.51. The summed E-state index contributed by atoms with van der Waals surface area (Å²) < 4.78 is 22.8. The predicted octanol–water partition coefficient (Wildman–Crippen LogP) is 2.13. The minimum atomic E-state index is -3.21. The van der Waals surface area contributed by atoms with Crippen molar-refractivity contribution in [1.82, 2.24) is 5.32 Å². The van der Waals surface area contributed by atoms with Crippen molar-refractivity contribution < 1.29 is 13.2 Å². The molecule has 1 amide bonds. The van der Waals surface area contributed by atoms with Gasteiger partial charge in [0.1, 0.15) is 0 Å². The van der Waals surface area contributed by atoms with Crippen LogP contribution in [0.3, 0.4) is 0 Å². The van der Waals surface area contributed by atoms with Gasteiger partial charge < -0.3 is 5.32 Å². The lowest BCUT2D eigenvalue weighted by Crippen LogP contribution is -2.40. The fourth-order valence-electron chi connectivity index (χ4n) is 1.89. The van der Waals surface area contributed by atoms with E-state index >= 15 is 0 Å². The lowest BCUT2D eigenvalue weighted by Gasteiger charge is -2.15. The molecule has 1 aromatic carbocycles. The van der Waals surface area contributed by atoms with Crippen LogP contribution in [-0.4, -0.2) is 37.2 Å². The molecule has 1 aliphatic heterocycles. The van der Waals surface area contributed by atoms with E-state index in [1.54, 1.807) is 6.07 Å². The third-order valence-electron chi connectivity index (χ3n) is 2.79. The van der Waals surface area contributed by atoms with Crippen LogP contribution in [0.1, 0.15) is 10.4 Å². The smallest absolute Gasteiger partial charge is 0.254 e. The van der Waals surface area contributed by atoms with Crippen LogP contribution in [0.5, 0.6) is 0 Å². The monoisotopic (exact) mass is 341 g/mol. The molecule has 0 radical (unpaired) electrons. The zero-order valence-electron chi connectivity index (χ0n) is 9.57. The maximum Gasteiger partial charge on any atom is 0.254 e. The van der Waals surface area contributed by atoms with Gasteiger partial charge in [0.05, 0.1) is 38.5 Å². The molecular weight excluding hydrogens is 333 g/mol. The first-order valence-corrected chi connectivity index (χ1v) is 8.41. The first kappa shape index (κ1) is 14.9. The second kappa shape index (κ2) is 5.48. The van der Waals surface area contributed by atoms with Crippen molar-refractivity contribution in [2.75, 3.05) is 11.5 Å². The highest BCUT2D eigenvalue weighted by molar-refractivity contribution is 7.91. The molecule has 1 heterocycles. The molecule has 1 saturated heterocycles. The largest absolute Gasteiger partial charge is 0.347 e. The van der Waals surface area contributed by atoms with Crippen LogP contribution in [0.25, 0.3) is 0 Å². The molecule has 8 heteroatoms.